The molecule has 4 rings (SSSR count). The van der Waals surface area contributed by atoms with E-state index in [0.29, 0.717) is 22.5 Å². The molecule has 0 saturated heterocycles. The van der Waals surface area contributed by atoms with Crippen LogP contribution in [-0.4, -0.2) is 41.0 Å². The third-order valence-electron chi connectivity index (χ3n) is 4.21. The smallest absolute Gasteiger partial charge is 0.338 e. The summed E-state index contributed by atoms with van der Waals surface area (Å²) in [5, 5.41) is 2.56. The van der Waals surface area contributed by atoms with Gasteiger partial charge in [0, 0.05) is 24.0 Å². The van der Waals surface area contributed by atoms with Gasteiger partial charge in [-0.25, -0.2) is 4.79 Å². The van der Waals surface area contributed by atoms with Gasteiger partial charge in [-0.3, -0.25) is 19.6 Å². The SMILES string of the molecule is CC(=O)c1cc2c(cc1NC(=O)COC(=O)c1ccc3nccnc3c1)OCO2. The van der Waals surface area contributed by atoms with Gasteiger partial charge < -0.3 is 19.5 Å². The molecule has 2 heterocycles. The van der Waals surface area contributed by atoms with Gasteiger partial charge in [0.25, 0.3) is 5.91 Å². The van der Waals surface area contributed by atoms with Crippen LogP contribution >= 0.6 is 0 Å². The van der Waals surface area contributed by atoms with E-state index in [-0.39, 0.29) is 29.4 Å². The van der Waals surface area contributed by atoms with Crippen molar-refractivity contribution in [3.63, 3.8) is 0 Å². The van der Waals surface area contributed by atoms with E-state index in [1.807, 2.05) is 0 Å². The van der Waals surface area contributed by atoms with Crippen LogP contribution in [0.1, 0.15) is 27.6 Å². The maximum absolute atomic E-state index is 12.2. The number of carbonyl (C=O) groups excluding carboxylic acids is 3. The van der Waals surface area contributed by atoms with Crippen LogP contribution in [0, 0.1) is 0 Å². The number of carbonyl (C=O) groups is 3. The number of hydrogen-bond donors (Lipinski definition) is 1. The fraction of sp³-hybridized carbons (Fsp3) is 0.150. The van der Waals surface area contributed by atoms with E-state index in [2.05, 4.69) is 15.3 Å². The van der Waals surface area contributed by atoms with Crippen LogP contribution in [0.3, 0.4) is 0 Å². The minimum absolute atomic E-state index is 0.0395. The van der Waals surface area contributed by atoms with Crippen molar-refractivity contribution in [1.29, 1.82) is 0 Å². The summed E-state index contributed by atoms with van der Waals surface area (Å²) in [6.45, 7) is 0.886. The van der Waals surface area contributed by atoms with Gasteiger partial charge in [-0.15, -0.1) is 0 Å². The molecule has 1 aromatic heterocycles. The van der Waals surface area contributed by atoms with Crippen LogP contribution in [0.2, 0.25) is 0 Å². The number of benzene rings is 2. The predicted molar refractivity (Wildman–Crippen MR) is 101 cm³/mol. The molecular formula is C20H15N3O6. The van der Waals surface area contributed by atoms with Crippen LogP contribution in [0.25, 0.3) is 11.0 Å². The zero-order chi connectivity index (χ0) is 20.4. The second-order valence-electron chi connectivity index (χ2n) is 6.19. The average Bonchev–Trinajstić information content (AvgIpc) is 3.18. The highest BCUT2D eigenvalue weighted by molar-refractivity contribution is 6.05. The number of ether oxygens (including phenoxy) is 3. The maximum Gasteiger partial charge on any atom is 0.338 e. The van der Waals surface area contributed by atoms with Crippen molar-refractivity contribution in [3.05, 3.63) is 53.9 Å². The molecule has 1 aliphatic heterocycles. The number of fused-ring (bicyclic) bond motifs is 2. The van der Waals surface area contributed by atoms with Crippen LogP contribution in [0.5, 0.6) is 11.5 Å². The average molecular weight is 393 g/mol. The third kappa shape index (κ3) is 3.84. The highest BCUT2D eigenvalue weighted by Gasteiger charge is 2.21. The highest BCUT2D eigenvalue weighted by Crippen LogP contribution is 2.37. The van der Waals surface area contributed by atoms with E-state index in [0.717, 1.165) is 0 Å². The molecule has 0 bridgehead atoms. The summed E-state index contributed by atoms with van der Waals surface area (Å²) in [5.41, 5.74) is 1.95. The summed E-state index contributed by atoms with van der Waals surface area (Å²) in [6, 6.07) is 7.73. The Kier molecular flexibility index (Phi) is 4.78. The lowest BCUT2D eigenvalue weighted by atomic mass is 10.1. The summed E-state index contributed by atoms with van der Waals surface area (Å²) in [7, 11) is 0. The lowest BCUT2D eigenvalue weighted by molar-refractivity contribution is -0.119. The Balaban J connectivity index is 1.43. The Morgan fingerprint density at radius 3 is 2.52 bits per heavy atom. The fourth-order valence-corrected chi connectivity index (χ4v) is 2.83. The molecule has 0 spiro atoms. The quantitative estimate of drug-likeness (QED) is 0.519. The van der Waals surface area contributed by atoms with Crippen molar-refractivity contribution in [2.45, 2.75) is 6.92 Å². The lowest BCUT2D eigenvalue weighted by Gasteiger charge is -2.11. The second kappa shape index (κ2) is 7.55. The number of aromatic nitrogens is 2. The molecule has 146 valence electrons. The van der Waals surface area contributed by atoms with Gasteiger partial charge >= 0.3 is 5.97 Å². The largest absolute Gasteiger partial charge is 0.454 e. The lowest BCUT2D eigenvalue weighted by Crippen LogP contribution is -2.22. The van der Waals surface area contributed by atoms with Gasteiger partial charge in [-0.2, -0.15) is 0 Å². The first-order chi connectivity index (χ1) is 14.0. The first kappa shape index (κ1) is 18.4. The third-order valence-corrected chi connectivity index (χ3v) is 4.21. The molecular weight excluding hydrogens is 378 g/mol. The molecule has 3 aromatic rings. The number of Topliss-reactive ketones (excluding diaryl/α,β-unsaturated/α-hetero) is 1. The molecule has 0 saturated carbocycles. The monoisotopic (exact) mass is 393 g/mol. The molecule has 2 aromatic carbocycles. The summed E-state index contributed by atoms with van der Waals surface area (Å²) in [5.74, 6) is -0.683. The van der Waals surface area contributed by atoms with Gasteiger partial charge in [0.15, 0.2) is 23.9 Å². The van der Waals surface area contributed by atoms with Crippen LogP contribution in [0.4, 0.5) is 5.69 Å². The summed E-state index contributed by atoms with van der Waals surface area (Å²) in [6.07, 6.45) is 3.07. The molecule has 29 heavy (non-hydrogen) atoms. The van der Waals surface area contributed by atoms with Gasteiger partial charge in [-0.1, -0.05) is 0 Å². The van der Waals surface area contributed by atoms with Crippen molar-refractivity contribution in [2.24, 2.45) is 0 Å². The van der Waals surface area contributed by atoms with E-state index < -0.39 is 18.5 Å². The minimum atomic E-state index is -0.676. The Morgan fingerprint density at radius 2 is 1.76 bits per heavy atom. The zero-order valence-electron chi connectivity index (χ0n) is 15.3. The van der Waals surface area contributed by atoms with E-state index in [9.17, 15) is 14.4 Å². The number of anilines is 1. The molecule has 1 N–H and O–H groups in total. The predicted octanol–water partition coefficient (Wildman–Crippen LogP) is 2.36. The second-order valence-corrected chi connectivity index (χ2v) is 6.19. The normalized spacial score (nSPS) is 11.9. The number of esters is 1. The van der Waals surface area contributed by atoms with Crippen molar-refractivity contribution < 1.29 is 28.6 Å². The number of ketones is 1. The van der Waals surface area contributed by atoms with Crippen molar-refractivity contribution in [1.82, 2.24) is 9.97 Å². The van der Waals surface area contributed by atoms with Crippen molar-refractivity contribution in [3.8, 4) is 11.5 Å². The molecule has 1 aliphatic rings. The molecule has 1 amide bonds. The topological polar surface area (TPSA) is 117 Å². The molecule has 0 aliphatic carbocycles. The molecule has 9 heteroatoms. The standard InChI is InChI=1S/C20H15N3O6/c1-11(24)13-7-17-18(29-10-28-17)8-15(13)23-19(25)9-27-20(26)12-2-3-14-16(6-12)22-5-4-21-14/h2-8H,9-10H2,1H3,(H,23,25). The summed E-state index contributed by atoms with van der Waals surface area (Å²) >= 11 is 0. The molecule has 0 fully saturated rings. The van der Waals surface area contributed by atoms with Crippen LogP contribution in [0.15, 0.2) is 42.7 Å². The van der Waals surface area contributed by atoms with E-state index in [1.165, 1.54) is 31.3 Å². The number of amides is 1. The van der Waals surface area contributed by atoms with Gasteiger partial charge in [0.05, 0.1) is 22.3 Å². The highest BCUT2D eigenvalue weighted by atomic mass is 16.7. The number of nitrogens with zero attached hydrogens (tertiary/aromatic N) is 2. The minimum Gasteiger partial charge on any atom is -0.454 e. The van der Waals surface area contributed by atoms with Crippen molar-refractivity contribution >= 4 is 34.4 Å². The van der Waals surface area contributed by atoms with Crippen LogP contribution in [-0.2, 0) is 9.53 Å². The molecule has 0 atom stereocenters. The van der Waals surface area contributed by atoms with Crippen molar-refractivity contribution in [2.75, 3.05) is 18.7 Å². The maximum atomic E-state index is 12.2. The Bertz CT molecular complexity index is 1140. The number of rotatable bonds is 5. The Morgan fingerprint density at radius 1 is 1.03 bits per heavy atom. The van der Waals surface area contributed by atoms with E-state index in [4.69, 9.17) is 14.2 Å². The molecule has 0 radical (unpaired) electrons. The van der Waals surface area contributed by atoms with Gasteiger partial charge in [0.2, 0.25) is 6.79 Å². The Labute approximate surface area is 164 Å². The number of nitrogens with one attached hydrogen (secondary N) is 1. The van der Waals surface area contributed by atoms with Crippen LogP contribution < -0.4 is 14.8 Å². The van der Waals surface area contributed by atoms with E-state index >= 15 is 0 Å². The zero-order valence-corrected chi connectivity index (χ0v) is 15.3. The summed E-state index contributed by atoms with van der Waals surface area (Å²) < 4.78 is 15.6. The first-order valence-corrected chi connectivity index (χ1v) is 8.63. The summed E-state index contributed by atoms with van der Waals surface area (Å²) in [4.78, 5) is 44.6. The Hall–Kier alpha value is -4.01. The molecule has 9 nitrogen and oxygen atoms in total. The van der Waals surface area contributed by atoms with Gasteiger partial charge in [0.1, 0.15) is 0 Å². The molecule has 0 unspecified atom stereocenters. The first-order valence-electron chi connectivity index (χ1n) is 8.63. The van der Waals surface area contributed by atoms with E-state index in [1.54, 1.807) is 18.3 Å². The fourth-order valence-electron chi connectivity index (χ4n) is 2.83. The van der Waals surface area contributed by atoms with Gasteiger partial charge in [-0.05, 0) is 31.2 Å². The number of hydrogen-bond acceptors (Lipinski definition) is 8.